The second-order valence-corrected chi connectivity index (χ2v) is 10.2. The van der Waals surface area contributed by atoms with Gasteiger partial charge in [0.05, 0.1) is 26.4 Å². The van der Waals surface area contributed by atoms with Crippen LogP contribution in [0.4, 0.5) is 0 Å². The molecule has 7 nitrogen and oxygen atoms in total. The van der Waals surface area contributed by atoms with Gasteiger partial charge in [-0.15, -0.1) is 0 Å². The van der Waals surface area contributed by atoms with Crippen molar-refractivity contribution in [1.29, 1.82) is 0 Å². The number of hydrogen-bond donors (Lipinski definition) is 3. The molecule has 2 bridgehead atoms. The number of nitrogens with zero attached hydrogens (tertiary/aromatic N) is 1. The molecular weight excluding hydrogens is 408 g/mol. The van der Waals surface area contributed by atoms with Crippen LogP contribution in [-0.2, 0) is 14.4 Å². The molecule has 8 atom stereocenters. The lowest BCUT2D eigenvalue weighted by Crippen LogP contribution is -2.62. The van der Waals surface area contributed by atoms with Crippen LogP contribution >= 0.6 is 0 Å². The van der Waals surface area contributed by atoms with Crippen molar-refractivity contribution < 1.29 is 24.6 Å². The van der Waals surface area contributed by atoms with Crippen LogP contribution < -0.4 is 5.32 Å². The molecule has 1 aliphatic heterocycles. The van der Waals surface area contributed by atoms with Gasteiger partial charge in [0.1, 0.15) is 17.9 Å². The summed E-state index contributed by atoms with van der Waals surface area (Å²) in [7, 11) is 1.54. The predicted octanol–water partition coefficient (Wildman–Crippen LogP) is 2.42. The van der Waals surface area contributed by atoms with Crippen molar-refractivity contribution in [2.45, 2.75) is 64.8 Å². The van der Waals surface area contributed by atoms with Gasteiger partial charge in [0, 0.05) is 17.5 Å². The maximum absolute atomic E-state index is 13.6. The van der Waals surface area contributed by atoms with Gasteiger partial charge in [-0.1, -0.05) is 40.0 Å². The average molecular weight is 449 g/mol. The van der Waals surface area contributed by atoms with Crippen LogP contribution in [0.3, 0.4) is 0 Å². The molecule has 1 heterocycles. The fourth-order valence-electron chi connectivity index (χ4n) is 6.24. The van der Waals surface area contributed by atoms with Gasteiger partial charge in [-0.2, -0.15) is 5.06 Å². The molecule has 7 heteroatoms. The number of aliphatic hydroxyl groups excluding tert-OH is 2. The highest BCUT2D eigenvalue weighted by molar-refractivity contribution is 5.83. The van der Waals surface area contributed by atoms with Gasteiger partial charge in [0.2, 0.25) is 5.91 Å². The summed E-state index contributed by atoms with van der Waals surface area (Å²) in [5, 5.41) is 25.2. The number of hydrogen-bond acceptors (Lipinski definition) is 6. The molecule has 0 spiro atoms. The Morgan fingerprint density at radius 2 is 2.03 bits per heavy atom. The topological polar surface area (TPSA) is 91.3 Å². The van der Waals surface area contributed by atoms with E-state index >= 15 is 0 Å². The summed E-state index contributed by atoms with van der Waals surface area (Å²) in [5.41, 5.74) is 1.04. The highest BCUT2D eigenvalue weighted by atomic mass is 16.7. The first-order valence-electron chi connectivity index (χ1n) is 11.6. The van der Waals surface area contributed by atoms with Crippen molar-refractivity contribution in [3.63, 3.8) is 0 Å². The van der Waals surface area contributed by atoms with Crippen LogP contribution in [0.15, 0.2) is 36.6 Å². The first kappa shape index (κ1) is 25.0. The van der Waals surface area contributed by atoms with E-state index in [9.17, 15) is 15.0 Å². The minimum Gasteiger partial charge on any atom is -0.496 e. The van der Waals surface area contributed by atoms with Gasteiger partial charge >= 0.3 is 0 Å². The highest BCUT2D eigenvalue weighted by Crippen LogP contribution is 2.61. The Balaban J connectivity index is 1.83. The summed E-state index contributed by atoms with van der Waals surface area (Å²) in [6.45, 7) is 16.1. The van der Waals surface area contributed by atoms with Gasteiger partial charge in [-0.3, -0.25) is 9.63 Å². The Labute approximate surface area is 192 Å². The van der Waals surface area contributed by atoms with Crippen molar-refractivity contribution in [2.75, 3.05) is 20.3 Å². The van der Waals surface area contributed by atoms with E-state index in [4.69, 9.17) is 9.57 Å². The lowest BCUT2D eigenvalue weighted by atomic mass is 9.45. The Morgan fingerprint density at radius 3 is 2.50 bits per heavy atom. The molecule has 3 saturated carbocycles. The monoisotopic (exact) mass is 448 g/mol. The summed E-state index contributed by atoms with van der Waals surface area (Å²) < 4.78 is 5.37. The van der Waals surface area contributed by atoms with E-state index in [-0.39, 0.29) is 25.1 Å². The van der Waals surface area contributed by atoms with Crippen molar-refractivity contribution >= 4 is 5.91 Å². The molecule has 32 heavy (non-hydrogen) atoms. The molecule has 0 unspecified atom stereocenters. The third kappa shape index (κ3) is 4.28. The van der Waals surface area contributed by atoms with E-state index in [0.29, 0.717) is 34.5 Å². The number of aliphatic hydroxyl groups is 2. The molecule has 0 aromatic rings. The molecule has 1 saturated heterocycles. The second kappa shape index (κ2) is 9.67. The Kier molecular flexibility index (Phi) is 7.55. The molecule has 4 fully saturated rings. The van der Waals surface area contributed by atoms with Crippen molar-refractivity contribution in [2.24, 2.45) is 29.1 Å². The van der Waals surface area contributed by atoms with Crippen LogP contribution in [0, 0.1) is 29.1 Å². The van der Waals surface area contributed by atoms with E-state index in [0.717, 1.165) is 6.42 Å². The lowest BCUT2D eigenvalue weighted by molar-refractivity contribution is -0.173. The summed E-state index contributed by atoms with van der Waals surface area (Å²) >= 11 is 0. The number of rotatable bonds is 9. The average Bonchev–Trinajstić information content (AvgIpc) is 3.13. The molecular formula is C25H40N2O5. The van der Waals surface area contributed by atoms with E-state index in [2.05, 4.69) is 39.2 Å². The zero-order valence-corrected chi connectivity index (χ0v) is 20.1. The van der Waals surface area contributed by atoms with Gasteiger partial charge in [-0.05, 0) is 49.0 Å². The molecule has 4 rings (SSSR count). The third-order valence-corrected chi connectivity index (χ3v) is 8.36. The smallest absolute Gasteiger partial charge is 0.240 e. The molecule has 1 amide bonds. The van der Waals surface area contributed by atoms with Crippen molar-refractivity contribution in [3.05, 3.63) is 36.6 Å². The summed E-state index contributed by atoms with van der Waals surface area (Å²) in [6, 6.07) is -0.649. The number of carbonyl (C=O) groups is 1. The number of carbonyl (C=O) groups excluding carboxylic acids is 1. The molecule has 0 aromatic carbocycles. The number of allylic oxidation sites excluding steroid dienone is 1. The van der Waals surface area contributed by atoms with E-state index in [1.165, 1.54) is 6.42 Å². The zero-order chi connectivity index (χ0) is 23.8. The summed E-state index contributed by atoms with van der Waals surface area (Å²) in [6.07, 6.45) is 3.91. The Hall–Kier alpha value is -1.67. The normalized spacial score (nSPS) is 37.7. The van der Waals surface area contributed by atoms with E-state index in [1.54, 1.807) is 31.2 Å². The summed E-state index contributed by atoms with van der Waals surface area (Å²) in [4.78, 5) is 19.5. The Bertz CT molecular complexity index is 761. The summed E-state index contributed by atoms with van der Waals surface area (Å²) in [5.74, 6) is 1.40. The molecule has 3 N–H and O–H groups in total. The van der Waals surface area contributed by atoms with Crippen molar-refractivity contribution in [1.82, 2.24) is 10.4 Å². The standard InChI is InChI=1S/C25H40N2O5/c1-8-16(20(9-2)31-7)12-27-23(22(15(4)29)21(13-28)32-27)24(30)26-19-11-17-10-18(14(19)3)25(17,5)6/h8-9,14-15,17-19,21-23,28-29H,1-2,10-13H2,3-7H3,(H,26,30)/b20-16-/t14-,15-,17+,18-,19-,21-,22-,23-/m0/s1. The maximum atomic E-state index is 13.6. The number of hydroxylamine groups is 2. The number of ether oxygens (including phenoxy) is 1. The minimum absolute atomic E-state index is 0.0982. The number of amides is 1. The SMILES string of the molecule is C=C/C(CN1O[C@@H](CO)[C@H]([C@H](C)O)[C@H]1C(=O)N[C@H]1C[C@H]2C[C@@H]([C@@H]1C)C2(C)C)=C(\C=C)OC. The first-order valence-corrected chi connectivity index (χ1v) is 11.6. The van der Waals surface area contributed by atoms with Gasteiger partial charge in [0.15, 0.2) is 0 Å². The van der Waals surface area contributed by atoms with Crippen LogP contribution in [0.2, 0.25) is 0 Å². The van der Waals surface area contributed by atoms with Gasteiger partial charge in [-0.25, -0.2) is 0 Å². The van der Waals surface area contributed by atoms with Crippen LogP contribution in [0.1, 0.15) is 40.5 Å². The molecule has 0 aromatic heterocycles. The van der Waals surface area contributed by atoms with E-state index in [1.807, 2.05) is 0 Å². The quantitative estimate of drug-likeness (QED) is 0.371. The van der Waals surface area contributed by atoms with E-state index < -0.39 is 24.2 Å². The second-order valence-electron chi connectivity index (χ2n) is 10.2. The van der Waals surface area contributed by atoms with Gasteiger partial charge in [0.25, 0.3) is 0 Å². The van der Waals surface area contributed by atoms with Crippen LogP contribution in [-0.4, -0.2) is 65.7 Å². The molecule has 0 radical (unpaired) electrons. The fraction of sp³-hybridized carbons (Fsp3) is 0.720. The predicted molar refractivity (Wildman–Crippen MR) is 123 cm³/mol. The minimum atomic E-state index is -0.832. The Morgan fingerprint density at radius 1 is 1.34 bits per heavy atom. The molecule has 180 valence electrons. The number of nitrogens with one attached hydrogen (secondary N) is 1. The third-order valence-electron chi connectivity index (χ3n) is 8.36. The lowest BCUT2D eigenvalue weighted by Gasteiger charge is -2.62. The van der Waals surface area contributed by atoms with Crippen LogP contribution in [0.25, 0.3) is 0 Å². The number of methoxy groups -OCH3 is 1. The zero-order valence-electron chi connectivity index (χ0n) is 20.1. The largest absolute Gasteiger partial charge is 0.496 e. The number of fused-ring (bicyclic) bond motifs is 2. The first-order chi connectivity index (χ1) is 15.1. The van der Waals surface area contributed by atoms with Gasteiger partial charge < -0.3 is 20.3 Å². The fourth-order valence-corrected chi connectivity index (χ4v) is 6.24. The molecule has 3 aliphatic carbocycles. The van der Waals surface area contributed by atoms with Crippen LogP contribution in [0.5, 0.6) is 0 Å². The highest BCUT2D eigenvalue weighted by Gasteiger charge is 2.57. The maximum Gasteiger partial charge on any atom is 0.240 e. The van der Waals surface area contributed by atoms with Crippen molar-refractivity contribution in [3.8, 4) is 0 Å². The molecule has 4 aliphatic rings.